The third-order valence-electron chi connectivity index (χ3n) is 3.65. The fourth-order valence-corrected chi connectivity index (χ4v) is 2.43. The normalized spacial score (nSPS) is 17.8. The topological polar surface area (TPSA) is 66.7 Å². The molecule has 0 amide bonds. The maximum Gasteiger partial charge on any atom is 0.161 e. The van der Waals surface area contributed by atoms with Crippen LogP contribution in [-0.4, -0.2) is 17.0 Å². The fourth-order valence-electron chi connectivity index (χ4n) is 2.43. The molecule has 1 aliphatic rings. The molecule has 0 radical (unpaired) electrons. The summed E-state index contributed by atoms with van der Waals surface area (Å²) < 4.78 is 0. The zero-order valence-corrected chi connectivity index (χ0v) is 12.3. The van der Waals surface area contributed by atoms with E-state index in [1.165, 1.54) is 12.8 Å². The molecule has 0 aromatic heterocycles. The summed E-state index contributed by atoms with van der Waals surface area (Å²) in [6.45, 7) is 2.16. The van der Waals surface area contributed by atoms with Gasteiger partial charge in [0.1, 0.15) is 0 Å². The predicted molar refractivity (Wildman–Crippen MR) is 80.2 cm³/mol. The molecular formula is C16H25NO3. The maximum absolute atomic E-state index is 11.7. The maximum atomic E-state index is 11.7. The largest absolute Gasteiger partial charge is 0.389 e. The molecule has 1 N–H and O–H groups in total. The average molecular weight is 279 g/mol. The van der Waals surface area contributed by atoms with Gasteiger partial charge in [0.2, 0.25) is 0 Å². The monoisotopic (exact) mass is 279 g/mol. The fraction of sp³-hybridized carbons (Fsp3) is 0.688. The number of rotatable bonds is 9. The van der Waals surface area contributed by atoms with Gasteiger partial charge in [-0.25, -0.2) is 0 Å². The minimum absolute atomic E-state index is 0.0212. The van der Waals surface area contributed by atoms with Gasteiger partial charge in [-0.1, -0.05) is 44.8 Å². The Hall–Kier alpha value is -1.29. The summed E-state index contributed by atoms with van der Waals surface area (Å²) in [6.07, 6.45) is 10.6. The number of aliphatic hydroxyl groups is 1. The first-order chi connectivity index (χ1) is 9.69. The van der Waals surface area contributed by atoms with Crippen molar-refractivity contribution in [2.75, 3.05) is 0 Å². The summed E-state index contributed by atoms with van der Waals surface area (Å²) in [6, 6.07) is 0. The van der Waals surface area contributed by atoms with E-state index in [-0.39, 0.29) is 5.78 Å². The summed E-state index contributed by atoms with van der Waals surface area (Å²) >= 11 is 0. The van der Waals surface area contributed by atoms with Crippen molar-refractivity contribution in [2.45, 2.75) is 70.8 Å². The van der Waals surface area contributed by atoms with Crippen molar-refractivity contribution in [3.63, 3.8) is 0 Å². The minimum atomic E-state index is -0.459. The van der Waals surface area contributed by atoms with Crippen molar-refractivity contribution >= 4 is 5.78 Å². The number of hydrogen-bond donors (Lipinski definition) is 1. The Labute approximate surface area is 120 Å². The van der Waals surface area contributed by atoms with E-state index in [2.05, 4.69) is 12.1 Å². The van der Waals surface area contributed by atoms with Gasteiger partial charge in [0, 0.05) is 12.0 Å². The van der Waals surface area contributed by atoms with Gasteiger partial charge in [0.05, 0.1) is 11.8 Å². The number of Topliss-reactive ketones (excluding diaryl/α,β-unsaturated/α-hetero) is 1. The van der Waals surface area contributed by atoms with Gasteiger partial charge in [-0.2, -0.15) is 0 Å². The highest BCUT2D eigenvalue weighted by Crippen LogP contribution is 2.25. The molecule has 4 heteroatoms. The number of nitroso groups, excluding NO2 is 1. The van der Waals surface area contributed by atoms with E-state index in [1.807, 2.05) is 0 Å². The SMILES string of the molecule is CCCCCCC(O)/C=C/CC1=C(N=O)CCCC1=O. The number of carbonyl (C=O) groups excluding carboxylic acids is 1. The summed E-state index contributed by atoms with van der Waals surface area (Å²) in [5, 5.41) is 12.8. The van der Waals surface area contributed by atoms with Crippen molar-refractivity contribution in [1.82, 2.24) is 0 Å². The second kappa shape index (κ2) is 9.59. The molecule has 0 saturated carbocycles. The van der Waals surface area contributed by atoms with Crippen LogP contribution in [0.2, 0.25) is 0 Å². The molecular weight excluding hydrogens is 254 g/mol. The summed E-state index contributed by atoms with van der Waals surface area (Å²) in [4.78, 5) is 22.4. The van der Waals surface area contributed by atoms with Gasteiger partial charge in [-0.05, 0) is 30.9 Å². The van der Waals surface area contributed by atoms with Crippen LogP contribution in [0.25, 0.3) is 0 Å². The van der Waals surface area contributed by atoms with E-state index in [9.17, 15) is 14.8 Å². The van der Waals surface area contributed by atoms with Crippen LogP contribution in [0.3, 0.4) is 0 Å². The molecule has 0 aromatic rings. The van der Waals surface area contributed by atoms with Crippen molar-refractivity contribution < 1.29 is 9.90 Å². The molecule has 0 bridgehead atoms. The van der Waals surface area contributed by atoms with Crippen LogP contribution in [0.1, 0.15) is 64.7 Å². The molecule has 1 unspecified atom stereocenters. The van der Waals surface area contributed by atoms with E-state index in [1.54, 1.807) is 12.2 Å². The first-order valence-corrected chi connectivity index (χ1v) is 7.62. The van der Waals surface area contributed by atoms with Gasteiger partial charge >= 0.3 is 0 Å². The van der Waals surface area contributed by atoms with E-state index < -0.39 is 6.10 Å². The quantitative estimate of drug-likeness (QED) is 0.393. The number of aliphatic hydroxyl groups excluding tert-OH is 1. The molecule has 0 spiro atoms. The van der Waals surface area contributed by atoms with Crippen LogP contribution in [0, 0.1) is 4.91 Å². The molecule has 112 valence electrons. The number of carbonyl (C=O) groups is 1. The summed E-state index contributed by atoms with van der Waals surface area (Å²) in [5.74, 6) is 0.0212. The Balaban J connectivity index is 2.40. The lowest BCUT2D eigenvalue weighted by Crippen LogP contribution is -2.10. The third-order valence-corrected chi connectivity index (χ3v) is 3.65. The molecule has 0 heterocycles. The third kappa shape index (κ3) is 5.78. The van der Waals surface area contributed by atoms with Crippen LogP contribution < -0.4 is 0 Å². The number of hydrogen-bond acceptors (Lipinski definition) is 4. The number of ketones is 1. The molecule has 4 nitrogen and oxygen atoms in total. The van der Waals surface area contributed by atoms with Gasteiger partial charge in [0.15, 0.2) is 5.78 Å². The Morgan fingerprint density at radius 1 is 1.30 bits per heavy atom. The van der Waals surface area contributed by atoms with Crippen LogP contribution in [0.4, 0.5) is 0 Å². The second-order valence-corrected chi connectivity index (χ2v) is 5.34. The number of unbranched alkanes of at least 4 members (excludes halogenated alkanes) is 3. The molecule has 20 heavy (non-hydrogen) atoms. The van der Waals surface area contributed by atoms with Gasteiger partial charge < -0.3 is 5.11 Å². The van der Waals surface area contributed by atoms with Crippen LogP contribution >= 0.6 is 0 Å². The van der Waals surface area contributed by atoms with E-state index in [4.69, 9.17) is 0 Å². The minimum Gasteiger partial charge on any atom is -0.389 e. The highest BCUT2D eigenvalue weighted by Gasteiger charge is 2.20. The van der Waals surface area contributed by atoms with Gasteiger partial charge in [0.25, 0.3) is 0 Å². The highest BCUT2D eigenvalue weighted by atomic mass is 16.3. The Morgan fingerprint density at radius 3 is 2.80 bits per heavy atom. The van der Waals surface area contributed by atoms with Gasteiger partial charge in [-0.3, -0.25) is 4.79 Å². The Bertz CT molecular complexity index is 385. The van der Waals surface area contributed by atoms with Crippen LogP contribution in [0.5, 0.6) is 0 Å². The molecule has 0 saturated heterocycles. The van der Waals surface area contributed by atoms with Crippen molar-refractivity contribution in [3.05, 3.63) is 28.3 Å². The summed E-state index contributed by atoms with van der Waals surface area (Å²) in [5.41, 5.74) is 0.920. The summed E-state index contributed by atoms with van der Waals surface area (Å²) in [7, 11) is 0. The lowest BCUT2D eigenvalue weighted by molar-refractivity contribution is -0.116. The standard InChI is InChI=1S/C16H25NO3/c1-2-3-4-5-8-13(18)9-6-10-14-15(17-20)11-7-12-16(14)19/h6,9,13,18H,2-5,7-8,10-12H2,1H3/b9-6+. The lowest BCUT2D eigenvalue weighted by Gasteiger charge is -2.13. The Morgan fingerprint density at radius 2 is 2.10 bits per heavy atom. The zero-order valence-electron chi connectivity index (χ0n) is 12.3. The molecule has 1 aliphatic carbocycles. The lowest BCUT2D eigenvalue weighted by atomic mass is 9.93. The zero-order chi connectivity index (χ0) is 14.8. The molecule has 1 atom stereocenters. The van der Waals surface area contributed by atoms with Gasteiger partial charge in [-0.15, -0.1) is 4.91 Å². The van der Waals surface area contributed by atoms with E-state index in [0.717, 1.165) is 19.3 Å². The predicted octanol–water partition coefficient (Wildman–Crippen LogP) is 4.04. The van der Waals surface area contributed by atoms with Crippen molar-refractivity contribution in [3.8, 4) is 0 Å². The Kier molecular flexibility index (Phi) is 8.04. The molecule has 0 fully saturated rings. The smallest absolute Gasteiger partial charge is 0.161 e. The van der Waals surface area contributed by atoms with Crippen LogP contribution in [-0.2, 0) is 4.79 Å². The molecule has 1 rings (SSSR count). The second-order valence-electron chi connectivity index (χ2n) is 5.34. The first kappa shape index (κ1) is 16.8. The number of allylic oxidation sites excluding steroid dienone is 3. The highest BCUT2D eigenvalue weighted by molar-refractivity contribution is 5.97. The van der Waals surface area contributed by atoms with Crippen molar-refractivity contribution in [2.24, 2.45) is 5.18 Å². The average Bonchev–Trinajstić information content (AvgIpc) is 2.45. The first-order valence-electron chi connectivity index (χ1n) is 7.62. The number of nitrogens with zero attached hydrogens (tertiary/aromatic N) is 1. The van der Waals surface area contributed by atoms with E-state index in [0.29, 0.717) is 37.0 Å². The molecule has 0 aliphatic heterocycles. The van der Waals surface area contributed by atoms with Crippen LogP contribution in [0.15, 0.2) is 28.6 Å². The molecule has 0 aromatic carbocycles. The van der Waals surface area contributed by atoms with Crippen molar-refractivity contribution in [1.29, 1.82) is 0 Å². The van der Waals surface area contributed by atoms with E-state index >= 15 is 0 Å².